The van der Waals surface area contributed by atoms with Crippen LogP contribution in [0.15, 0.2) is 28.9 Å². The molecule has 0 aromatic heterocycles. The Labute approximate surface area is 86.9 Å². The van der Waals surface area contributed by atoms with Gasteiger partial charge in [0.2, 0.25) is 6.08 Å². The monoisotopic (exact) mass is 217 g/mol. The summed E-state index contributed by atoms with van der Waals surface area (Å²) in [5.74, 6) is 0. The normalized spacial score (nSPS) is 38.0. The van der Waals surface area contributed by atoms with Gasteiger partial charge < -0.3 is 0 Å². The molecule has 2 unspecified atom stereocenters. The van der Waals surface area contributed by atoms with E-state index >= 15 is 0 Å². The average Bonchev–Trinajstić information content (AvgIpc) is 1.98. The van der Waals surface area contributed by atoms with E-state index in [-0.39, 0.29) is 0 Å². The fraction of sp³-hybridized carbons (Fsp3) is 0.444. The Morgan fingerprint density at radius 2 is 2.00 bits per heavy atom. The molecule has 0 aliphatic heterocycles. The number of isocyanates is 1. The van der Waals surface area contributed by atoms with Crippen molar-refractivity contribution in [3.63, 3.8) is 0 Å². The molecule has 1 aliphatic carbocycles. The van der Waals surface area contributed by atoms with Crippen molar-refractivity contribution in [2.24, 2.45) is 4.99 Å². The molecule has 0 saturated heterocycles. The Morgan fingerprint density at radius 1 is 1.38 bits per heavy atom. The van der Waals surface area contributed by atoms with Crippen LogP contribution in [-0.4, -0.2) is 15.8 Å². The van der Waals surface area contributed by atoms with Gasteiger partial charge in [-0.05, 0) is 26.0 Å². The van der Waals surface area contributed by atoms with Crippen LogP contribution in [0, 0.1) is 0 Å². The van der Waals surface area contributed by atoms with E-state index < -0.39 is 9.75 Å². The predicted molar refractivity (Wildman–Crippen MR) is 53.9 cm³/mol. The average molecular weight is 218 g/mol. The van der Waals surface area contributed by atoms with E-state index in [2.05, 4.69) is 4.99 Å². The quantitative estimate of drug-likeness (QED) is 0.378. The van der Waals surface area contributed by atoms with Crippen LogP contribution in [0.5, 0.6) is 0 Å². The van der Waals surface area contributed by atoms with Crippen LogP contribution < -0.4 is 0 Å². The smallest absolute Gasteiger partial charge is 0.211 e. The molecule has 0 aromatic rings. The predicted octanol–water partition coefficient (Wildman–Crippen LogP) is 2.77. The van der Waals surface area contributed by atoms with Crippen molar-refractivity contribution in [1.82, 2.24) is 0 Å². The highest BCUT2D eigenvalue weighted by Gasteiger charge is 2.40. The van der Waals surface area contributed by atoms with Crippen molar-refractivity contribution in [1.29, 1.82) is 0 Å². The first-order chi connectivity index (χ1) is 5.89. The summed E-state index contributed by atoms with van der Waals surface area (Å²) in [5.41, 5.74) is 0.491. The lowest BCUT2D eigenvalue weighted by atomic mass is 9.89. The third-order valence-corrected chi connectivity index (χ3v) is 3.23. The number of hydrogen-bond acceptors (Lipinski definition) is 2. The van der Waals surface area contributed by atoms with E-state index in [1.54, 1.807) is 32.1 Å². The van der Waals surface area contributed by atoms with Crippen molar-refractivity contribution in [2.45, 2.75) is 23.6 Å². The summed E-state index contributed by atoms with van der Waals surface area (Å²) >= 11 is 12.3. The number of carbonyl (C=O) groups excluding carboxylic acids is 1. The molecular weight excluding hydrogens is 209 g/mol. The molecule has 0 amide bonds. The first kappa shape index (κ1) is 10.5. The van der Waals surface area contributed by atoms with Gasteiger partial charge in [0, 0.05) is 0 Å². The first-order valence-corrected chi connectivity index (χ1v) is 4.52. The van der Waals surface area contributed by atoms with E-state index in [9.17, 15) is 4.79 Å². The molecule has 0 bridgehead atoms. The molecule has 0 N–H and O–H groups in total. The number of halogens is 2. The topological polar surface area (TPSA) is 29.4 Å². The van der Waals surface area contributed by atoms with Crippen molar-refractivity contribution in [3.8, 4) is 0 Å². The van der Waals surface area contributed by atoms with Gasteiger partial charge in [-0.25, -0.2) is 4.79 Å². The van der Waals surface area contributed by atoms with Crippen molar-refractivity contribution >= 4 is 29.3 Å². The molecule has 0 aromatic carbocycles. The maximum Gasteiger partial charge on any atom is 0.240 e. The van der Waals surface area contributed by atoms with Gasteiger partial charge in [-0.3, -0.25) is 0 Å². The van der Waals surface area contributed by atoms with Crippen LogP contribution in [-0.2, 0) is 4.79 Å². The fourth-order valence-corrected chi connectivity index (χ4v) is 1.29. The highest BCUT2D eigenvalue weighted by molar-refractivity contribution is 6.36. The maximum atomic E-state index is 10.0. The largest absolute Gasteiger partial charge is 0.240 e. The molecule has 2 nitrogen and oxygen atoms in total. The number of hydrogen-bond donors (Lipinski definition) is 0. The van der Waals surface area contributed by atoms with Gasteiger partial charge in [-0.15, -0.1) is 23.2 Å². The number of aliphatic imine (C=N–C) groups is 1. The summed E-state index contributed by atoms with van der Waals surface area (Å²) in [6.45, 7) is 3.57. The SMILES string of the molecule is CC1(Cl)C=CC(N=C=O)=CC1(C)Cl. The molecule has 1 aliphatic rings. The molecule has 0 heterocycles. The van der Waals surface area contributed by atoms with Crippen LogP contribution in [0.2, 0.25) is 0 Å². The molecule has 13 heavy (non-hydrogen) atoms. The molecular formula is C9H9Cl2NO. The van der Waals surface area contributed by atoms with Gasteiger partial charge in [-0.2, -0.15) is 4.99 Å². The Morgan fingerprint density at radius 3 is 2.46 bits per heavy atom. The lowest BCUT2D eigenvalue weighted by molar-refractivity contribution is 0.564. The zero-order valence-electron chi connectivity index (χ0n) is 7.34. The molecule has 0 saturated carbocycles. The number of allylic oxidation sites excluding steroid dienone is 3. The molecule has 1 rings (SSSR count). The number of rotatable bonds is 1. The highest BCUT2D eigenvalue weighted by atomic mass is 35.5. The number of alkyl halides is 2. The number of nitrogens with zero attached hydrogens (tertiary/aromatic N) is 1. The second-order valence-electron chi connectivity index (χ2n) is 3.26. The summed E-state index contributed by atoms with van der Waals surface area (Å²) in [6.07, 6.45) is 6.48. The second kappa shape index (κ2) is 3.30. The van der Waals surface area contributed by atoms with Crippen molar-refractivity contribution in [3.05, 3.63) is 23.9 Å². The maximum absolute atomic E-state index is 10.0. The molecule has 2 atom stereocenters. The fourth-order valence-electron chi connectivity index (χ4n) is 0.994. The van der Waals surface area contributed by atoms with Crippen LogP contribution in [0.4, 0.5) is 0 Å². The van der Waals surface area contributed by atoms with Gasteiger partial charge in [0.15, 0.2) is 0 Å². The minimum absolute atomic E-state index is 0.491. The van der Waals surface area contributed by atoms with E-state index in [4.69, 9.17) is 23.2 Å². The molecule has 0 spiro atoms. The summed E-state index contributed by atoms with van der Waals surface area (Å²) in [6, 6.07) is 0. The summed E-state index contributed by atoms with van der Waals surface area (Å²) in [7, 11) is 0. The van der Waals surface area contributed by atoms with Gasteiger partial charge in [0.25, 0.3) is 0 Å². The van der Waals surface area contributed by atoms with E-state index in [1.807, 2.05) is 0 Å². The molecule has 0 radical (unpaired) electrons. The van der Waals surface area contributed by atoms with E-state index in [0.29, 0.717) is 5.70 Å². The van der Waals surface area contributed by atoms with E-state index in [0.717, 1.165) is 0 Å². The van der Waals surface area contributed by atoms with Crippen LogP contribution in [0.25, 0.3) is 0 Å². The van der Waals surface area contributed by atoms with Gasteiger partial charge in [0.05, 0.1) is 15.4 Å². The summed E-state index contributed by atoms with van der Waals surface area (Å²) in [4.78, 5) is 12.1. The Balaban J connectivity index is 3.08. The lowest BCUT2D eigenvalue weighted by Crippen LogP contribution is -2.39. The van der Waals surface area contributed by atoms with Gasteiger partial charge in [0.1, 0.15) is 0 Å². The van der Waals surface area contributed by atoms with E-state index in [1.165, 1.54) is 6.08 Å². The third kappa shape index (κ3) is 2.02. The van der Waals surface area contributed by atoms with Crippen molar-refractivity contribution in [2.75, 3.05) is 0 Å². The minimum Gasteiger partial charge on any atom is -0.211 e. The van der Waals surface area contributed by atoms with Gasteiger partial charge >= 0.3 is 0 Å². The zero-order chi connectivity index (χ0) is 10.1. The Hall–Kier alpha value is -0.560. The van der Waals surface area contributed by atoms with Crippen molar-refractivity contribution < 1.29 is 4.79 Å². The third-order valence-electron chi connectivity index (χ3n) is 2.12. The first-order valence-electron chi connectivity index (χ1n) is 3.77. The molecule has 0 fully saturated rings. The van der Waals surface area contributed by atoms with Crippen LogP contribution >= 0.6 is 23.2 Å². The molecule has 4 heteroatoms. The Bertz CT molecular complexity index is 323. The standard InChI is InChI=1S/C9H9Cl2NO/c1-8(10)4-3-7(12-6-13)5-9(8,2)11/h3-5H,1-2H3. The molecule has 70 valence electrons. The Kier molecular flexibility index (Phi) is 2.67. The zero-order valence-corrected chi connectivity index (χ0v) is 8.86. The van der Waals surface area contributed by atoms with Gasteiger partial charge in [-0.1, -0.05) is 6.08 Å². The lowest BCUT2D eigenvalue weighted by Gasteiger charge is -2.34. The second-order valence-corrected chi connectivity index (χ2v) is 4.83. The van der Waals surface area contributed by atoms with Crippen LogP contribution in [0.3, 0.4) is 0 Å². The minimum atomic E-state index is -0.737. The van der Waals surface area contributed by atoms with Crippen LogP contribution in [0.1, 0.15) is 13.8 Å². The highest BCUT2D eigenvalue weighted by Crippen LogP contribution is 2.41. The summed E-state index contributed by atoms with van der Waals surface area (Å²) < 4.78 is 0. The summed E-state index contributed by atoms with van der Waals surface area (Å²) in [5, 5.41) is 0.